The van der Waals surface area contributed by atoms with E-state index >= 15 is 0 Å². The number of aliphatic carboxylic acids is 2. The van der Waals surface area contributed by atoms with Crippen LogP contribution in [0.4, 0.5) is 0 Å². The molecule has 28 heavy (non-hydrogen) atoms. The number of piperazine rings is 1. The van der Waals surface area contributed by atoms with E-state index in [-0.39, 0.29) is 0 Å². The number of nitrogens with zero attached hydrogens (tertiary/aromatic N) is 3. The summed E-state index contributed by atoms with van der Waals surface area (Å²) in [6, 6.07) is 13.3. The third kappa shape index (κ3) is 7.46. The average molecular weight is 385 g/mol. The lowest BCUT2D eigenvalue weighted by Crippen LogP contribution is -2.45. The van der Waals surface area contributed by atoms with Gasteiger partial charge in [-0.1, -0.05) is 31.2 Å². The lowest BCUT2D eigenvalue weighted by Gasteiger charge is -2.34. The molecule has 0 radical (unpaired) electrons. The highest BCUT2D eigenvalue weighted by Crippen LogP contribution is 2.12. The minimum Gasteiger partial charge on any atom is -0.473 e. The molecule has 0 unspecified atom stereocenters. The standard InChI is InChI=1S/C19H25N3.C2H2O4/c1-2-17-3-5-18(6-4-17)15-21-11-13-22(14-12-21)16-19-7-9-20-10-8-19;3-1(4)2(5)6/h3-10H,2,11-16H2,1H3;(H,3,4)(H,5,6). The van der Waals surface area contributed by atoms with Crippen LogP contribution in [0.1, 0.15) is 23.6 Å². The van der Waals surface area contributed by atoms with Crippen molar-refractivity contribution in [2.45, 2.75) is 26.4 Å². The molecule has 3 rings (SSSR count). The van der Waals surface area contributed by atoms with E-state index in [0.717, 1.165) is 45.7 Å². The number of carbonyl (C=O) groups is 2. The van der Waals surface area contributed by atoms with Crippen LogP contribution in [-0.2, 0) is 29.1 Å². The predicted molar refractivity (Wildman–Crippen MR) is 106 cm³/mol. The Morgan fingerprint density at radius 2 is 1.18 bits per heavy atom. The van der Waals surface area contributed by atoms with Crippen molar-refractivity contribution in [1.29, 1.82) is 0 Å². The molecule has 0 atom stereocenters. The highest BCUT2D eigenvalue weighted by atomic mass is 16.4. The van der Waals surface area contributed by atoms with E-state index in [1.165, 1.54) is 16.7 Å². The molecule has 150 valence electrons. The van der Waals surface area contributed by atoms with Crippen molar-refractivity contribution in [3.8, 4) is 0 Å². The van der Waals surface area contributed by atoms with Crippen molar-refractivity contribution in [1.82, 2.24) is 14.8 Å². The predicted octanol–water partition coefficient (Wildman–Crippen LogP) is 2.12. The molecule has 0 spiro atoms. The Morgan fingerprint density at radius 3 is 1.57 bits per heavy atom. The second-order valence-corrected chi connectivity index (χ2v) is 6.69. The summed E-state index contributed by atoms with van der Waals surface area (Å²) >= 11 is 0. The maximum atomic E-state index is 9.10. The van der Waals surface area contributed by atoms with Gasteiger partial charge in [-0.25, -0.2) is 9.59 Å². The Kier molecular flexibility index (Phi) is 8.58. The molecule has 2 aromatic rings. The Bertz CT molecular complexity index is 730. The van der Waals surface area contributed by atoms with Crippen LogP contribution in [0, 0.1) is 0 Å². The molecule has 2 N–H and O–H groups in total. The van der Waals surface area contributed by atoms with Gasteiger partial charge in [0.05, 0.1) is 0 Å². The van der Waals surface area contributed by atoms with E-state index in [1.54, 1.807) is 0 Å². The van der Waals surface area contributed by atoms with Gasteiger partial charge in [0.1, 0.15) is 0 Å². The van der Waals surface area contributed by atoms with Gasteiger partial charge in [0.25, 0.3) is 0 Å². The minimum absolute atomic E-state index is 1.04. The van der Waals surface area contributed by atoms with E-state index in [0.29, 0.717) is 0 Å². The molecule has 0 amide bonds. The molecule has 1 aliphatic rings. The van der Waals surface area contributed by atoms with Gasteiger partial charge in [0, 0.05) is 51.7 Å². The highest BCUT2D eigenvalue weighted by molar-refractivity contribution is 6.27. The van der Waals surface area contributed by atoms with Crippen molar-refractivity contribution in [3.63, 3.8) is 0 Å². The summed E-state index contributed by atoms with van der Waals surface area (Å²) in [6.45, 7) is 8.93. The van der Waals surface area contributed by atoms with Crippen molar-refractivity contribution >= 4 is 11.9 Å². The lowest BCUT2D eigenvalue weighted by atomic mass is 10.1. The lowest BCUT2D eigenvalue weighted by molar-refractivity contribution is -0.159. The van der Waals surface area contributed by atoms with E-state index in [4.69, 9.17) is 19.8 Å². The van der Waals surface area contributed by atoms with Crippen LogP contribution in [0.25, 0.3) is 0 Å². The zero-order chi connectivity index (χ0) is 20.4. The van der Waals surface area contributed by atoms with Gasteiger partial charge in [0.15, 0.2) is 0 Å². The van der Waals surface area contributed by atoms with Gasteiger partial charge in [-0.05, 0) is 35.2 Å². The second kappa shape index (κ2) is 11.2. The summed E-state index contributed by atoms with van der Waals surface area (Å²) < 4.78 is 0. The zero-order valence-electron chi connectivity index (χ0n) is 16.1. The maximum Gasteiger partial charge on any atom is 0.414 e. The Morgan fingerprint density at radius 1 is 0.786 bits per heavy atom. The Labute approximate surface area is 165 Å². The van der Waals surface area contributed by atoms with Crippen LogP contribution < -0.4 is 0 Å². The van der Waals surface area contributed by atoms with E-state index < -0.39 is 11.9 Å². The third-order valence-corrected chi connectivity index (χ3v) is 4.64. The van der Waals surface area contributed by atoms with E-state index in [1.807, 2.05) is 12.4 Å². The molecular formula is C21H27N3O4. The third-order valence-electron chi connectivity index (χ3n) is 4.64. The molecule has 0 aliphatic carbocycles. The molecule has 1 aromatic carbocycles. The fraction of sp³-hybridized carbons (Fsp3) is 0.381. The number of hydrogen-bond donors (Lipinski definition) is 2. The number of aryl methyl sites for hydroxylation is 1. The smallest absolute Gasteiger partial charge is 0.414 e. The number of rotatable bonds is 5. The van der Waals surface area contributed by atoms with Crippen LogP contribution in [0.3, 0.4) is 0 Å². The molecule has 0 bridgehead atoms. The molecule has 1 fully saturated rings. The molecule has 2 heterocycles. The molecule has 1 aromatic heterocycles. The summed E-state index contributed by atoms with van der Waals surface area (Å²) in [5.41, 5.74) is 4.21. The van der Waals surface area contributed by atoms with Crippen molar-refractivity contribution < 1.29 is 19.8 Å². The van der Waals surface area contributed by atoms with Crippen LogP contribution in [0.5, 0.6) is 0 Å². The summed E-state index contributed by atoms with van der Waals surface area (Å²) in [4.78, 5) is 27.4. The van der Waals surface area contributed by atoms with Gasteiger partial charge >= 0.3 is 11.9 Å². The summed E-state index contributed by atoms with van der Waals surface area (Å²) in [5.74, 6) is -3.65. The highest BCUT2D eigenvalue weighted by Gasteiger charge is 2.17. The summed E-state index contributed by atoms with van der Waals surface area (Å²) in [6.07, 6.45) is 4.88. The fourth-order valence-electron chi connectivity index (χ4n) is 2.99. The van der Waals surface area contributed by atoms with Crippen molar-refractivity contribution in [2.75, 3.05) is 26.2 Å². The zero-order valence-corrected chi connectivity index (χ0v) is 16.1. The molecular weight excluding hydrogens is 358 g/mol. The molecule has 1 saturated heterocycles. The van der Waals surface area contributed by atoms with Gasteiger partial charge in [-0.3, -0.25) is 14.8 Å². The van der Waals surface area contributed by atoms with Crippen LogP contribution in [-0.4, -0.2) is 63.1 Å². The normalized spacial score (nSPS) is 14.8. The van der Waals surface area contributed by atoms with Gasteiger partial charge in [0.2, 0.25) is 0 Å². The number of carboxylic acids is 2. The van der Waals surface area contributed by atoms with Crippen LogP contribution >= 0.6 is 0 Å². The fourth-order valence-corrected chi connectivity index (χ4v) is 2.99. The topological polar surface area (TPSA) is 94.0 Å². The van der Waals surface area contributed by atoms with Crippen molar-refractivity contribution in [2.24, 2.45) is 0 Å². The minimum atomic E-state index is -1.82. The van der Waals surface area contributed by atoms with Crippen molar-refractivity contribution in [3.05, 3.63) is 65.5 Å². The van der Waals surface area contributed by atoms with E-state index in [2.05, 4.69) is 58.1 Å². The first kappa shape index (κ1) is 21.5. The quantitative estimate of drug-likeness (QED) is 0.762. The molecule has 0 saturated carbocycles. The monoisotopic (exact) mass is 385 g/mol. The summed E-state index contributed by atoms with van der Waals surface area (Å²) in [5, 5.41) is 14.8. The first-order valence-electron chi connectivity index (χ1n) is 9.35. The number of aromatic nitrogens is 1. The first-order valence-corrected chi connectivity index (χ1v) is 9.35. The van der Waals surface area contributed by atoms with Gasteiger partial charge in [-0.2, -0.15) is 0 Å². The SMILES string of the molecule is CCc1ccc(CN2CCN(Cc3ccncc3)CC2)cc1.O=C(O)C(=O)O. The average Bonchev–Trinajstić information content (AvgIpc) is 2.71. The molecule has 1 aliphatic heterocycles. The Hall–Kier alpha value is -2.77. The Balaban J connectivity index is 0.000000409. The van der Waals surface area contributed by atoms with Crippen LogP contribution in [0.2, 0.25) is 0 Å². The maximum absolute atomic E-state index is 9.10. The van der Waals surface area contributed by atoms with E-state index in [9.17, 15) is 0 Å². The summed E-state index contributed by atoms with van der Waals surface area (Å²) in [7, 11) is 0. The van der Waals surface area contributed by atoms with Crippen LogP contribution in [0.15, 0.2) is 48.8 Å². The molecule has 7 heteroatoms. The van der Waals surface area contributed by atoms with Gasteiger partial charge in [-0.15, -0.1) is 0 Å². The molecule has 7 nitrogen and oxygen atoms in total. The van der Waals surface area contributed by atoms with Gasteiger partial charge < -0.3 is 10.2 Å². The number of hydrogen-bond acceptors (Lipinski definition) is 5. The second-order valence-electron chi connectivity index (χ2n) is 6.69. The number of pyridine rings is 1. The first-order chi connectivity index (χ1) is 13.5. The number of benzene rings is 1. The largest absolute Gasteiger partial charge is 0.473 e. The number of carboxylic acid groups (broad SMARTS) is 2.